The van der Waals surface area contributed by atoms with Gasteiger partial charge in [-0.1, -0.05) is 18.2 Å². The summed E-state index contributed by atoms with van der Waals surface area (Å²) in [6, 6.07) is 2.75. The third kappa shape index (κ3) is 9.10. The van der Waals surface area contributed by atoms with E-state index >= 15 is 0 Å². The lowest BCUT2D eigenvalue weighted by Gasteiger charge is -2.24. The number of carboxylic acid groups (broad SMARTS) is 2. The van der Waals surface area contributed by atoms with Crippen LogP contribution in [-0.4, -0.2) is 81.0 Å². The molecule has 37 heavy (non-hydrogen) atoms. The number of benzene rings is 1. The molecule has 202 valence electrons. The number of hydrogen-bond acceptors (Lipinski definition) is 7. The molecule has 8 N–H and O–H groups in total. The summed E-state index contributed by atoms with van der Waals surface area (Å²) in [6.45, 7) is 1.29. The van der Waals surface area contributed by atoms with Crippen molar-refractivity contribution in [1.82, 2.24) is 20.9 Å². The Bertz CT molecular complexity index is 1120. The van der Waals surface area contributed by atoms with Gasteiger partial charge in [-0.2, -0.15) is 11.8 Å². The zero-order chi connectivity index (χ0) is 27.5. The molecule has 1 aromatic heterocycles. The quantitative estimate of drug-likeness (QED) is 0.166. The first kappa shape index (κ1) is 29.6. The standard InChI is InChI=1S/C24H33N5O7S/c1-13(24(35)36)27-23(34)19(11-14-12-26-17-6-4-3-5-15(14)17)29-22(33)18(7-8-20(30)31)28-21(32)16(25)9-10-37-2/h3-6,12-13,16,18-19,26H,7-11,25H2,1-2H3,(H,27,34)(H,28,32)(H,29,33)(H,30,31)(H,35,36). The zero-order valence-corrected chi connectivity index (χ0v) is 21.5. The fourth-order valence-corrected chi connectivity index (χ4v) is 4.06. The monoisotopic (exact) mass is 535 g/mol. The first-order valence-electron chi connectivity index (χ1n) is 11.7. The van der Waals surface area contributed by atoms with Gasteiger partial charge in [0.15, 0.2) is 0 Å². The van der Waals surface area contributed by atoms with Crippen LogP contribution < -0.4 is 21.7 Å². The minimum atomic E-state index is -1.26. The Morgan fingerprint density at radius 1 is 0.973 bits per heavy atom. The van der Waals surface area contributed by atoms with Crippen molar-refractivity contribution in [2.24, 2.45) is 5.73 Å². The Morgan fingerprint density at radius 3 is 2.27 bits per heavy atom. The molecule has 0 bridgehead atoms. The van der Waals surface area contributed by atoms with Crippen LogP contribution in [0, 0.1) is 0 Å². The lowest BCUT2D eigenvalue weighted by atomic mass is 10.0. The van der Waals surface area contributed by atoms with E-state index in [1.165, 1.54) is 18.7 Å². The molecule has 0 aliphatic carbocycles. The lowest BCUT2D eigenvalue weighted by molar-refractivity contribution is -0.141. The van der Waals surface area contributed by atoms with Crippen LogP contribution in [0.4, 0.5) is 0 Å². The lowest BCUT2D eigenvalue weighted by Crippen LogP contribution is -2.57. The van der Waals surface area contributed by atoms with Gasteiger partial charge >= 0.3 is 11.9 Å². The Labute approximate surface area is 218 Å². The number of carboxylic acids is 2. The minimum Gasteiger partial charge on any atom is -0.481 e. The second-order valence-corrected chi connectivity index (χ2v) is 9.56. The second kappa shape index (κ2) is 14.2. The summed E-state index contributed by atoms with van der Waals surface area (Å²) in [5, 5.41) is 26.5. The van der Waals surface area contributed by atoms with Crippen LogP contribution in [0.15, 0.2) is 30.5 Å². The van der Waals surface area contributed by atoms with Gasteiger partial charge in [0, 0.05) is 29.9 Å². The van der Waals surface area contributed by atoms with Gasteiger partial charge in [-0.15, -0.1) is 0 Å². The molecule has 2 aromatic rings. The van der Waals surface area contributed by atoms with Crippen LogP contribution in [0.1, 0.15) is 31.7 Å². The number of H-pyrrole nitrogens is 1. The number of nitrogens with two attached hydrogens (primary N) is 1. The highest BCUT2D eigenvalue weighted by atomic mass is 32.2. The van der Waals surface area contributed by atoms with Gasteiger partial charge in [-0.3, -0.25) is 24.0 Å². The summed E-state index contributed by atoms with van der Waals surface area (Å²) in [6.07, 6.45) is 3.28. The van der Waals surface area contributed by atoms with Crippen LogP contribution in [-0.2, 0) is 30.4 Å². The predicted molar refractivity (Wildman–Crippen MR) is 139 cm³/mol. The van der Waals surface area contributed by atoms with Gasteiger partial charge in [0.05, 0.1) is 6.04 Å². The highest BCUT2D eigenvalue weighted by Crippen LogP contribution is 2.19. The van der Waals surface area contributed by atoms with E-state index in [1.807, 2.05) is 30.5 Å². The van der Waals surface area contributed by atoms with Crippen molar-refractivity contribution >= 4 is 52.3 Å². The summed E-state index contributed by atoms with van der Waals surface area (Å²) >= 11 is 1.50. The van der Waals surface area contributed by atoms with E-state index < -0.39 is 60.2 Å². The molecule has 0 spiro atoms. The maximum atomic E-state index is 13.2. The van der Waals surface area contributed by atoms with Crippen molar-refractivity contribution < 1.29 is 34.2 Å². The van der Waals surface area contributed by atoms with E-state index in [2.05, 4.69) is 20.9 Å². The topological polar surface area (TPSA) is 204 Å². The fraction of sp³-hybridized carbons (Fsp3) is 0.458. The van der Waals surface area contributed by atoms with Crippen LogP contribution in [0.3, 0.4) is 0 Å². The van der Waals surface area contributed by atoms with Crippen molar-refractivity contribution in [2.45, 2.75) is 56.8 Å². The Kier molecular flexibility index (Phi) is 11.4. The van der Waals surface area contributed by atoms with Crippen LogP contribution in [0.5, 0.6) is 0 Å². The Hall–Kier alpha value is -3.58. The molecule has 0 saturated heterocycles. The summed E-state index contributed by atoms with van der Waals surface area (Å²) in [5.41, 5.74) is 7.40. The molecule has 0 fully saturated rings. The van der Waals surface area contributed by atoms with E-state index in [4.69, 9.17) is 10.8 Å². The number of aromatic nitrogens is 1. The average Bonchev–Trinajstić information content (AvgIpc) is 3.26. The first-order valence-corrected chi connectivity index (χ1v) is 13.1. The number of nitrogens with one attached hydrogen (secondary N) is 4. The molecular weight excluding hydrogens is 502 g/mol. The fourth-order valence-electron chi connectivity index (χ4n) is 3.57. The molecule has 4 unspecified atom stereocenters. The number of rotatable bonds is 15. The number of aromatic amines is 1. The summed E-state index contributed by atoms with van der Waals surface area (Å²) in [7, 11) is 0. The van der Waals surface area contributed by atoms with Crippen molar-refractivity contribution in [3.05, 3.63) is 36.0 Å². The van der Waals surface area contributed by atoms with Gasteiger partial charge < -0.3 is 36.9 Å². The van der Waals surface area contributed by atoms with Crippen molar-refractivity contribution in [3.63, 3.8) is 0 Å². The molecule has 0 radical (unpaired) electrons. The highest BCUT2D eigenvalue weighted by molar-refractivity contribution is 7.98. The average molecular weight is 536 g/mol. The molecule has 12 nitrogen and oxygen atoms in total. The third-order valence-electron chi connectivity index (χ3n) is 5.71. The number of thioether (sulfide) groups is 1. The first-order chi connectivity index (χ1) is 17.5. The van der Waals surface area contributed by atoms with E-state index in [0.717, 1.165) is 10.9 Å². The van der Waals surface area contributed by atoms with Crippen molar-refractivity contribution in [3.8, 4) is 0 Å². The van der Waals surface area contributed by atoms with Crippen LogP contribution >= 0.6 is 11.8 Å². The van der Waals surface area contributed by atoms with E-state index in [0.29, 0.717) is 17.7 Å². The number of fused-ring (bicyclic) bond motifs is 1. The number of hydrogen-bond donors (Lipinski definition) is 7. The van der Waals surface area contributed by atoms with E-state index in [9.17, 15) is 29.1 Å². The number of para-hydroxylation sites is 1. The molecule has 4 atom stereocenters. The normalized spacial score (nSPS) is 14.2. The number of amides is 3. The van der Waals surface area contributed by atoms with Crippen LogP contribution in [0.25, 0.3) is 10.9 Å². The van der Waals surface area contributed by atoms with Crippen LogP contribution in [0.2, 0.25) is 0 Å². The number of carbonyl (C=O) groups is 5. The maximum absolute atomic E-state index is 13.2. The van der Waals surface area contributed by atoms with Gasteiger partial charge in [0.25, 0.3) is 0 Å². The summed E-state index contributed by atoms with van der Waals surface area (Å²) in [4.78, 5) is 64.2. The van der Waals surface area contributed by atoms with Gasteiger partial charge in [0.2, 0.25) is 17.7 Å². The molecule has 3 amide bonds. The zero-order valence-electron chi connectivity index (χ0n) is 20.7. The Balaban J connectivity index is 2.26. The van der Waals surface area contributed by atoms with Gasteiger partial charge in [0.1, 0.15) is 18.1 Å². The maximum Gasteiger partial charge on any atom is 0.325 e. The second-order valence-electron chi connectivity index (χ2n) is 8.57. The summed E-state index contributed by atoms with van der Waals surface area (Å²) < 4.78 is 0. The van der Waals surface area contributed by atoms with E-state index in [1.54, 1.807) is 6.20 Å². The predicted octanol–water partition coefficient (Wildman–Crippen LogP) is 0.215. The number of carbonyl (C=O) groups excluding carboxylic acids is 3. The molecule has 13 heteroatoms. The third-order valence-corrected chi connectivity index (χ3v) is 6.35. The number of aliphatic carboxylic acids is 2. The largest absolute Gasteiger partial charge is 0.481 e. The Morgan fingerprint density at radius 2 is 1.62 bits per heavy atom. The SMILES string of the molecule is CSCCC(N)C(=O)NC(CCC(=O)O)C(=O)NC(Cc1c[nH]c2ccccc12)C(=O)NC(C)C(=O)O. The minimum absolute atomic E-state index is 0.0146. The molecule has 2 rings (SSSR count). The molecule has 0 saturated carbocycles. The molecular formula is C24H33N5O7S. The summed E-state index contributed by atoms with van der Waals surface area (Å²) in [5.74, 6) is -3.94. The molecule has 0 aliphatic rings. The highest BCUT2D eigenvalue weighted by Gasteiger charge is 2.30. The van der Waals surface area contributed by atoms with Crippen molar-refractivity contribution in [1.29, 1.82) is 0 Å². The van der Waals surface area contributed by atoms with Gasteiger partial charge in [-0.05, 0) is 43.4 Å². The van der Waals surface area contributed by atoms with E-state index in [-0.39, 0.29) is 12.8 Å². The smallest absolute Gasteiger partial charge is 0.325 e. The molecule has 1 aromatic carbocycles. The molecule has 1 heterocycles. The molecule has 0 aliphatic heterocycles. The van der Waals surface area contributed by atoms with Crippen molar-refractivity contribution in [2.75, 3.05) is 12.0 Å². The van der Waals surface area contributed by atoms with Gasteiger partial charge in [-0.25, -0.2) is 0 Å².